The molecular formula is C15H19FO2S. The van der Waals surface area contributed by atoms with Crippen molar-refractivity contribution in [1.29, 1.82) is 0 Å². The number of carboxylic acids is 1. The number of aliphatic carboxylic acids is 1. The first-order valence-electron chi connectivity index (χ1n) is 6.30. The predicted octanol–water partition coefficient (Wildman–Crippen LogP) is 4.20. The molecule has 104 valence electrons. The van der Waals surface area contributed by atoms with E-state index < -0.39 is 11.8 Å². The van der Waals surface area contributed by atoms with Crippen LogP contribution in [0.5, 0.6) is 0 Å². The van der Waals surface area contributed by atoms with Crippen LogP contribution in [0.15, 0.2) is 24.3 Å². The molecule has 0 aliphatic carbocycles. The molecule has 0 fully saturated rings. The smallest absolute Gasteiger partial charge is 0.328 e. The molecule has 0 heterocycles. The van der Waals surface area contributed by atoms with Crippen LogP contribution < -0.4 is 0 Å². The first-order valence-corrected chi connectivity index (χ1v) is 7.45. The fraction of sp³-hybridized carbons (Fsp3) is 0.400. The van der Waals surface area contributed by atoms with Crippen LogP contribution in [-0.2, 0) is 10.5 Å². The van der Waals surface area contributed by atoms with E-state index in [4.69, 9.17) is 5.11 Å². The molecule has 0 aliphatic rings. The van der Waals surface area contributed by atoms with Gasteiger partial charge < -0.3 is 5.11 Å². The van der Waals surface area contributed by atoms with Crippen molar-refractivity contribution in [1.82, 2.24) is 0 Å². The molecule has 0 radical (unpaired) electrons. The summed E-state index contributed by atoms with van der Waals surface area (Å²) in [5.41, 5.74) is 1.34. The van der Waals surface area contributed by atoms with E-state index in [-0.39, 0.29) is 0 Å². The van der Waals surface area contributed by atoms with Gasteiger partial charge in [0, 0.05) is 17.4 Å². The molecule has 19 heavy (non-hydrogen) atoms. The largest absolute Gasteiger partial charge is 0.478 e. The molecule has 1 N–H and O–H groups in total. The van der Waals surface area contributed by atoms with Gasteiger partial charge in [-0.2, -0.15) is 11.8 Å². The second-order valence-corrected chi connectivity index (χ2v) is 5.59. The van der Waals surface area contributed by atoms with Gasteiger partial charge in [0.25, 0.3) is 0 Å². The van der Waals surface area contributed by atoms with Gasteiger partial charge in [-0.05, 0) is 35.4 Å². The molecule has 0 saturated carbocycles. The molecule has 0 aromatic heterocycles. The van der Waals surface area contributed by atoms with E-state index in [1.165, 1.54) is 12.1 Å². The maximum absolute atomic E-state index is 13.5. The van der Waals surface area contributed by atoms with E-state index in [0.717, 1.165) is 29.6 Å². The summed E-state index contributed by atoms with van der Waals surface area (Å²) >= 11 is 1.82. The number of benzene rings is 1. The Hall–Kier alpha value is -1.29. The Labute approximate surface area is 117 Å². The van der Waals surface area contributed by atoms with E-state index in [9.17, 15) is 9.18 Å². The van der Waals surface area contributed by atoms with Crippen LogP contribution in [0, 0.1) is 11.7 Å². The van der Waals surface area contributed by atoms with Crippen LogP contribution >= 0.6 is 11.8 Å². The maximum atomic E-state index is 13.5. The van der Waals surface area contributed by atoms with Gasteiger partial charge in [0.2, 0.25) is 0 Å². The van der Waals surface area contributed by atoms with Gasteiger partial charge in [-0.15, -0.1) is 0 Å². The monoisotopic (exact) mass is 282 g/mol. The third-order valence-electron chi connectivity index (χ3n) is 2.83. The number of halogens is 1. The lowest BCUT2D eigenvalue weighted by molar-refractivity contribution is -0.131. The SMILES string of the molecule is CCC(C)CSCc1ccc(F)c(/C=C/C(=O)O)c1. The van der Waals surface area contributed by atoms with Crippen LogP contribution in [0.2, 0.25) is 0 Å². The summed E-state index contributed by atoms with van der Waals surface area (Å²) in [6, 6.07) is 4.84. The van der Waals surface area contributed by atoms with Gasteiger partial charge in [-0.3, -0.25) is 0 Å². The third kappa shape index (κ3) is 5.92. The first-order chi connectivity index (χ1) is 9.02. The van der Waals surface area contributed by atoms with Gasteiger partial charge in [-0.1, -0.05) is 26.3 Å². The summed E-state index contributed by atoms with van der Waals surface area (Å²) < 4.78 is 13.5. The number of hydrogen-bond acceptors (Lipinski definition) is 2. The van der Waals surface area contributed by atoms with Crippen molar-refractivity contribution in [2.45, 2.75) is 26.0 Å². The van der Waals surface area contributed by atoms with Crippen molar-refractivity contribution in [2.24, 2.45) is 5.92 Å². The second-order valence-electron chi connectivity index (χ2n) is 4.56. The van der Waals surface area contributed by atoms with E-state index >= 15 is 0 Å². The molecular weight excluding hydrogens is 263 g/mol. The van der Waals surface area contributed by atoms with Crippen LogP contribution in [0.1, 0.15) is 31.4 Å². The van der Waals surface area contributed by atoms with Crippen molar-refractivity contribution in [3.05, 3.63) is 41.2 Å². The minimum absolute atomic E-state index is 0.323. The minimum Gasteiger partial charge on any atom is -0.478 e. The van der Waals surface area contributed by atoms with Crippen molar-refractivity contribution in [3.8, 4) is 0 Å². The number of hydrogen-bond donors (Lipinski definition) is 1. The quantitative estimate of drug-likeness (QED) is 0.761. The summed E-state index contributed by atoms with van der Waals surface area (Å²) in [5.74, 6) is 1.10. The zero-order valence-corrected chi connectivity index (χ0v) is 12.0. The molecule has 0 saturated heterocycles. The summed E-state index contributed by atoms with van der Waals surface area (Å²) in [5, 5.41) is 8.55. The Morgan fingerprint density at radius 3 is 2.89 bits per heavy atom. The molecule has 1 aromatic rings. The number of carbonyl (C=O) groups is 1. The normalized spacial score (nSPS) is 12.8. The highest BCUT2D eigenvalue weighted by atomic mass is 32.2. The van der Waals surface area contributed by atoms with Crippen molar-refractivity contribution in [3.63, 3.8) is 0 Å². The van der Waals surface area contributed by atoms with E-state index in [1.54, 1.807) is 12.1 Å². The van der Waals surface area contributed by atoms with E-state index in [2.05, 4.69) is 13.8 Å². The fourth-order valence-corrected chi connectivity index (χ4v) is 2.64. The highest BCUT2D eigenvalue weighted by Gasteiger charge is 2.03. The van der Waals surface area contributed by atoms with Crippen molar-refractivity contribution >= 4 is 23.8 Å². The summed E-state index contributed by atoms with van der Waals surface area (Å²) in [7, 11) is 0. The Bertz CT molecular complexity index is 457. The molecule has 2 nitrogen and oxygen atoms in total. The van der Waals surface area contributed by atoms with Gasteiger partial charge in [0.1, 0.15) is 5.82 Å². The third-order valence-corrected chi connectivity index (χ3v) is 4.18. The molecule has 4 heteroatoms. The second kappa shape index (κ2) is 8.00. The first kappa shape index (κ1) is 15.8. The lowest BCUT2D eigenvalue weighted by atomic mass is 10.1. The summed E-state index contributed by atoms with van der Waals surface area (Å²) in [4.78, 5) is 10.4. The Balaban J connectivity index is 2.65. The van der Waals surface area contributed by atoms with Gasteiger partial charge in [-0.25, -0.2) is 9.18 Å². The standard InChI is InChI=1S/C15H19FO2S/c1-3-11(2)9-19-10-12-4-6-14(16)13(8-12)5-7-15(17)18/h4-8,11H,3,9-10H2,1-2H3,(H,17,18)/b7-5+. The summed E-state index contributed by atoms with van der Waals surface area (Å²) in [6.07, 6.45) is 3.40. The molecule has 0 bridgehead atoms. The highest BCUT2D eigenvalue weighted by Crippen LogP contribution is 2.20. The van der Waals surface area contributed by atoms with Gasteiger partial charge in [0.05, 0.1) is 0 Å². The fourth-order valence-electron chi connectivity index (χ4n) is 1.47. The Morgan fingerprint density at radius 1 is 1.53 bits per heavy atom. The zero-order chi connectivity index (χ0) is 14.3. The Morgan fingerprint density at radius 2 is 2.26 bits per heavy atom. The van der Waals surface area contributed by atoms with E-state index in [0.29, 0.717) is 11.5 Å². The molecule has 1 unspecified atom stereocenters. The maximum Gasteiger partial charge on any atom is 0.328 e. The van der Waals surface area contributed by atoms with Crippen molar-refractivity contribution in [2.75, 3.05) is 5.75 Å². The average Bonchev–Trinajstić information content (AvgIpc) is 2.38. The minimum atomic E-state index is -1.07. The van der Waals surface area contributed by atoms with Crippen LogP contribution in [-0.4, -0.2) is 16.8 Å². The highest BCUT2D eigenvalue weighted by molar-refractivity contribution is 7.98. The lowest BCUT2D eigenvalue weighted by Gasteiger charge is -2.08. The molecule has 1 rings (SSSR count). The Kier molecular flexibility index (Phi) is 6.64. The predicted molar refractivity (Wildman–Crippen MR) is 78.7 cm³/mol. The molecule has 0 amide bonds. The number of rotatable bonds is 7. The van der Waals surface area contributed by atoms with Crippen molar-refractivity contribution < 1.29 is 14.3 Å². The molecule has 1 aromatic carbocycles. The molecule has 0 spiro atoms. The van der Waals surface area contributed by atoms with Gasteiger partial charge in [0.15, 0.2) is 0 Å². The number of thioether (sulfide) groups is 1. The summed E-state index contributed by atoms with van der Waals surface area (Å²) in [6.45, 7) is 4.37. The average molecular weight is 282 g/mol. The zero-order valence-electron chi connectivity index (χ0n) is 11.2. The van der Waals surface area contributed by atoms with Gasteiger partial charge >= 0.3 is 5.97 Å². The molecule has 0 aliphatic heterocycles. The number of carboxylic acid groups (broad SMARTS) is 1. The topological polar surface area (TPSA) is 37.3 Å². The van der Waals surface area contributed by atoms with E-state index in [1.807, 2.05) is 11.8 Å². The van der Waals surface area contributed by atoms with Crippen LogP contribution in [0.25, 0.3) is 6.08 Å². The van der Waals surface area contributed by atoms with Crippen LogP contribution in [0.3, 0.4) is 0 Å². The molecule has 1 atom stereocenters. The lowest BCUT2D eigenvalue weighted by Crippen LogP contribution is -1.96. The van der Waals surface area contributed by atoms with Crippen LogP contribution in [0.4, 0.5) is 4.39 Å².